The lowest BCUT2D eigenvalue weighted by Gasteiger charge is -2.12. The van der Waals surface area contributed by atoms with Crippen LogP contribution in [0.2, 0.25) is 0 Å². The van der Waals surface area contributed by atoms with Gasteiger partial charge in [0.25, 0.3) is 5.91 Å². The van der Waals surface area contributed by atoms with E-state index in [0.717, 1.165) is 42.7 Å². The minimum atomic E-state index is -0.0238. The molecule has 3 rings (SSSR count). The molecule has 2 N–H and O–H groups in total. The standard InChI is InChI=1S/C20H24N2O/c1-2-5-16-6-3-4-7-19(16)20(23)22-18-10-8-15(9-11-18)17-12-13-21-14-17/h3-4,6-11,17,21H,2,5,12-14H2,1H3,(H,22,23). The highest BCUT2D eigenvalue weighted by molar-refractivity contribution is 6.05. The Morgan fingerprint density at radius 3 is 2.65 bits per heavy atom. The van der Waals surface area contributed by atoms with Gasteiger partial charge in [0.15, 0.2) is 0 Å². The third kappa shape index (κ3) is 3.80. The molecule has 0 aliphatic carbocycles. The molecule has 1 fully saturated rings. The zero-order chi connectivity index (χ0) is 16.1. The van der Waals surface area contributed by atoms with Crippen molar-refractivity contribution in [2.45, 2.75) is 32.1 Å². The first-order chi connectivity index (χ1) is 11.3. The average Bonchev–Trinajstić information content (AvgIpc) is 3.11. The van der Waals surface area contributed by atoms with Gasteiger partial charge in [-0.05, 0) is 54.6 Å². The Hall–Kier alpha value is -2.13. The van der Waals surface area contributed by atoms with Crippen molar-refractivity contribution < 1.29 is 4.79 Å². The van der Waals surface area contributed by atoms with Gasteiger partial charge in [-0.2, -0.15) is 0 Å². The fraction of sp³-hybridized carbons (Fsp3) is 0.350. The molecule has 1 aliphatic heterocycles. The molecule has 1 saturated heterocycles. The molecular weight excluding hydrogens is 284 g/mol. The molecule has 1 aliphatic rings. The lowest BCUT2D eigenvalue weighted by atomic mass is 9.98. The van der Waals surface area contributed by atoms with Gasteiger partial charge < -0.3 is 10.6 Å². The SMILES string of the molecule is CCCc1ccccc1C(=O)Nc1ccc(C2CCNC2)cc1. The Labute approximate surface area is 138 Å². The lowest BCUT2D eigenvalue weighted by molar-refractivity contribution is 0.102. The molecule has 0 saturated carbocycles. The summed E-state index contributed by atoms with van der Waals surface area (Å²) in [5.74, 6) is 0.578. The van der Waals surface area contributed by atoms with Crippen LogP contribution in [-0.2, 0) is 6.42 Å². The minimum Gasteiger partial charge on any atom is -0.322 e. The molecule has 2 aromatic carbocycles. The Bertz CT molecular complexity index is 658. The highest BCUT2D eigenvalue weighted by atomic mass is 16.1. The summed E-state index contributed by atoms with van der Waals surface area (Å²) in [6.45, 7) is 4.28. The second kappa shape index (κ2) is 7.42. The molecule has 1 atom stereocenters. The molecule has 0 spiro atoms. The van der Waals surface area contributed by atoms with E-state index in [2.05, 4.69) is 29.7 Å². The molecular formula is C20H24N2O. The van der Waals surface area contributed by atoms with Crippen molar-refractivity contribution >= 4 is 11.6 Å². The maximum absolute atomic E-state index is 12.5. The zero-order valence-electron chi connectivity index (χ0n) is 13.6. The molecule has 3 nitrogen and oxygen atoms in total. The third-order valence-corrected chi connectivity index (χ3v) is 4.48. The van der Waals surface area contributed by atoms with E-state index in [9.17, 15) is 4.79 Å². The normalized spacial score (nSPS) is 17.2. The first-order valence-electron chi connectivity index (χ1n) is 8.48. The zero-order valence-corrected chi connectivity index (χ0v) is 13.6. The van der Waals surface area contributed by atoms with Gasteiger partial charge in [0.2, 0.25) is 0 Å². The number of hydrogen-bond donors (Lipinski definition) is 2. The van der Waals surface area contributed by atoms with E-state index < -0.39 is 0 Å². The van der Waals surface area contributed by atoms with Crippen LogP contribution >= 0.6 is 0 Å². The van der Waals surface area contributed by atoms with Crippen LogP contribution in [0.25, 0.3) is 0 Å². The van der Waals surface area contributed by atoms with Crippen LogP contribution in [0.1, 0.15) is 47.2 Å². The van der Waals surface area contributed by atoms with Gasteiger partial charge in [0.05, 0.1) is 0 Å². The van der Waals surface area contributed by atoms with Gasteiger partial charge in [-0.1, -0.05) is 43.7 Å². The average molecular weight is 308 g/mol. The Morgan fingerprint density at radius 2 is 1.96 bits per heavy atom. The Balaban J connectivity index is 1.70. The molecule has 120 valence electrons. The van der Waals surface area contributed by atoms with E-state index in [-0.39, 0.29) is 5.91 Å². The largest absolute Gasteiger partial charge is 0.322 e. The maximum Gasteiger partial charge on any atom is 0.255 e. The van der Waals surface area contributed by atoms with Gasteiger partial charge in [-0.25, -0.2) is 0 Å². The van der Waals surface area contributed by atoms with Gasteiger partial charge in [-0.15, -0.1) is 0 Å². The van der Waals surface area contributed by atoms with E-state index in [1.54, 1.807) is 0 Å². The number of anilines is 1. The van der Waals surface area contributed by atoms with E-state index >= 15 is 0 Å². The van der Waals surface area contributed by atoms with Crippen LogP contribution in [0.5, 0.6) is 0 Å². The van der Waals surface area contributed by atoms with Crippen LogP contribution in [0.3, 0.4) is 0 Å². The minimum absolute atomic E-state index is 0.0238. The fourth-order valence-electron chi connectivity index (χ4n) is 3.21. The molecule has 1 unspecified atom stereocenters. The van der Waals surface area contributed by atoms with Gasteiger partial charge in [0, 0.05) is 17.8 Å². The predicted octanol–water partition coefficient (Wildman–Crippen LogP) is 3.97. The van der Waals surface area contributed by atoms with Crippen molar-refractivity contribution in [1.82, 2.24) is 5.32 Å². The predicted molar refractivity (Wildman–Crippen MR) is 95.1 cm³/mol. The molecule has 1 heterocycles. The molecule has 0 radical (unpaired) electrons. The number of carbonyl (C=O) groups excluding carboxylic acids is 1. The monoisotopic (exact) mass is 308 g/mol. The Morgan fingerprint density at radius 1 is 1.17 bits per heavy atom. The highest BCUT2D eigenvalue weighted by Gasteiger charge is 2.16. The molecule has 0 bridgehead atoms. The topological polar surface area (TPSA) is 41.1 Å². The third-order valence-electron chi connectivity index (χ3n) is 4.48. The second-order valence-electron chi connectivity index (χ2n) is 6.17. The maximum atomic E-state index is 12.5. The van der Waals surface area contributed by atoms with Gasteiger partial charge >= 0.3 is 0 Å². The number of rotatable bonds is 5. The quantitative estimate of drug-likeness (QED) is 0.877. The van der Waals surface area contributed by atoms with Crippen molar-refractivity contribution in [2.75, 3.05) is 18.4 Å². The van der Waals surface area contributed by atoms with Crippen LogP contribution < -0.4 is 10.6 Å². The van der Waals surface area contributed by atoms with Crippen molar-refractivity contribution in [1.29, 1.82) is 0 Å². The van der Waals surface area contributed by atoms with E-state index in [1.807, 2.05) is 36.4 Å². The first kappa shape index (κ1) is 15.8. The summed E-state index contributed by atoms with van der Waals surface area (Å²) >= 11 is 0. The number of aryl methyl sites for hydroxylation is 1. The number of hydrogen-bond acceptors (Lipinski definition) is 2. The molecule has 0 aromatic heterocycles. The number of nitrogens with one attached hydrogen (secondary N) is 2. The van der Waals surface area contributed by atoms with Gasteiger partial charge in [0.1, 0.15) is 0 Å². The van der Waals surface area contributed by atoms with Crippen molar-refractivity contribution in [3.63, 3.8) is 0 Å². The summed E-state index contributed by atoms with van der Waals surface area (Å²) in [4.78, 5) is 12.5. The highest BCUT2D eigenvalue weighted by Crippen LogP contribution is 2.24. The van der Waals surface area contributed by atoms with Crippen LogP contribution in [0.4, 0.5) is 5.69 Å². The first-order valence-corrected chi connectivity index (χ1v) is 8.48. The fourth-order valence-corrected chi connectivity index (χ4v) is 3.21. The van der Waals surface area contributed by atoms with Crippen molar-refractivity contribution in [2.24, 2.45) is 0 Å². The summed E-state index contributed by atoms with van der Waals surface area (Å²) in [5, 5.41) is 6.41. The molecule has 1 amide bonds. The molecule has 3 heteroatoms. The summed E-state index contributed by atoms with van der Waals surface area (Å²) in [6.07, 6.45) is 3.15. The smallest absolute Gasteiger partial charge is 0.255 e. The van der Waals surface area contributed by atoms with Crippen molar-refractivity contribution in [3.05, 3.63) is 65.2 Å². The second-order valence-corrected chi connectivity index (χ2v) is 6.17. The van der Waals surface area contributed by atoms with Crippen molar-refractivity contribution in [3.8, 4) is 0 Å². The van der Waals surface area contributed by atoms with Crippen LogP contribution in [-0.4, -0.2) is 19.0 Å². The molecule has 23 heavy (non-hydrogen) atoms. The van der Waals surface area contributed by atoms with E-state index in [0.29, 0.717) is 5.92 Å². The summed E-state index contributed by atoms with van der Waals surface area (Å²) < 4.78 is 0. The number of carbonyl (C=O) groups is 1. The van der Waals surface area contributed by atoms with E-state index in [4.69, 9.17) is 0 Å². The van der Waals surface area contributed by atoms with Crippen LogP contribution in [0.15, 0.2) is 48.5 Å². The van der Waals surface area contributed by atoms with Gasteiger partial charge in [-0.3, -0.25) is 4.79 Å². The van der Waals surface area contributed by atoms with Crippen LogP contribution in [0, 0.1) is 0 Å². The molecule has 2 aromatic rings. The Kier molecular flexibility index (Phi) is 5.09. The van der Waals surface area contributed by atoms with E-state index in [1.165, 1.54) is 12.0 Å². The summed E-state index contributed by atoms with van der Waals surface area (Å²) in [7, 11) is 0. The number of benzene rings is 2. The summed E-state index contributed by atoms with van der Waals surface area (Å²) in [6, 6.07) is 16.1. The lowest BCUT2D eigenvalue weighted by Crippen LogP contribution is -2.14. The summed E-state index contributed by atoms with van der Waals surface area (Å²) in [5.41, 5.74) is 4.09. The number of amides is 1.